The van der Waals surface area contributed by atoms with Gasteiger partial charge in [-0.3, -0.25) is 0 Å². The highest BCUT2D eigenvalue weighted by Crippen LogP contribution is 2.28. The number of hydrogen-bond donors (Lipinski definition) is 0. The number of ether oxygens (including phenoxy) is 2. The van der Waals surface area contributed by atoms with Gasteiger partial charge in [0, 0.05) is 5.75 Å². The summed E-state index contributed by atoms with van der Waals surface area (Å²) in [7, 11) is 1.65. The van der Waals surface area contributed by atoms with Crippen LogP contribution in [0, 0.1) is 10.7 Å². The third-order valence-corrected chi connectivity index (χ3v) is 2.93. The molecule has 0 heterocycles. The predicted molar refractivity (Wildman–Crippen MR) is 70.6 cm³/mol. The van der Waals surface area contributed by atoms with Crippen molar-refractivity contribution in [1.29, 1.82) is 5.26 Å². The minimum atomic E-state index is 0.633. The second-order valence-corrected chi connectivity index (χ2v) is 4.34. The molecule has 4 heteroatoms. The van der Waals surface area contributed by atoms with Crippen LogP contribution in [-0.2, 0) is 6.42 Å². The normalized spacial score (nSPS) is 9.71. The number of thioether (sulfide) groups is 1. The van der Waals surface area contributed by atoms with E-state index in [1.165, 1.54) is 17.3 Å². The van der Waals surface area contributed by atoms with Crippen molar-refractivity contribution in [3.8, 4) is 16.9 Å². The highest BCUT2D eigenvalue weighted by Gasteiger charge is 2.04. The molecule has 0 spiro atoms. The molecule has 0 saturated heterocycles. The molecule has 0 aromatic heterocycles. The van der Waals surface area contributed by atoms with Gasteiger partial charge in [0.15, 0.2) is 11.5 Å². The van der Waals surface area contributed by atoms with Crippen LogP contribution in [0.3, 0.4) is 0 Å². The van der Waals surface area contributed by atoms with E-state index in [1.807, 2.05) is 25.1 Å². The van der Waals surface area contributed by atoms with Crippen molar-refractivity contribution in [2.24, 2.45) is 0 Å². The van der Waals surface area contributed by atoms with Crippen LogP contribution in [0.15, 0.2) is 18.2 Å². The van der Waals surface area contributed by atoms with Crippen LogP contribution in [0.1, 0.15) is 18.9 Å². The predicted octanol–water partition coefficient (Wildman–Crippen LogP) is 3.24. The molecule has 0 amide bonds. The van der Waals surface area contributed by atoms with E-state index >= 15 is 0 Å². The van der Waals surface area contributed by atoms with Gasteiger partial charge in [-0.1, -0.05) is 6.07 Å². The lowest BCUT2D eigenvalue weighted by Crippen LogP contribution is -1.96. The van der Waals surface area contributed by atoms with E-state index in [2.05, 4.69) is 5.40 Å². The van der Waals surface area contributed by atoms with Crippen molar-refractivity contribution in [3.63, 3.8) is 0 Å². The van der Waals surface area contributed by atoms with Crippen molar-refractivity contribution in [2.75, 3.05) is 19.5 Å². The van der Waals surface area contributed by atoms with Crippen molar-refractivity contribution >= 4 is 11.8 Å². The number of methoxy groups -OCH3 is 1. The molecule has 0 fully saturated rings. The van der Waals surface area contributed by atoms with E-state index in [4.69, 9.17) is 14.7 Å². The Morgan fingerprint density at radius 3 is 2.82 bits per heavy atom. The summed E-state index contributed by atoms with van der Waals surface area (Å²) in [5, 5.41) is 10.5. The van der Waals surface area contributed by atoms with Gasteiger partial charge in [-0.15, -0.1) is 0 Å². The summed E-state index contributed by atoms with van der Waals surface area (Å²) in [6, 6.07) is 5.99. The lowest BCUT2D eigenvalue weighted by Gasteiger charge is -2.10. The number of nitriles is 1. The molecular formula is C13H17NO2S. The molecular weight excluding hydrogens is 234 g/mol. The third kappa shape index (κ3) is 4.58. The van der Waals surface area contributed by atoms with Gasteiger partial charge >= 0.3 is 0 Å². The van der Waals surface area contributed by atoms with Gasteiger partial charge in [0.1, 0.15) is 5.40 Å². The maximum Gasteiger partial charge on any atom is 0.161 e. The van der Waals surface area contributed by atoms with Crippen LogP contribution >= 0.6 is 11.8 Å². The Labute approximate surface area is 107 Å². The maximum atomic E-state index is 8.42. The molecule has 0 saturated carbocycles. The summed E-state index contributed by atoms with van der Waals surface area (Å²) in [6.45, 7) is 2.58. The average molecular weight is 251 g/mol. The molecule has 1 aromatic rings. The highest BCUT2D eigenvalue weighted by molar-refractivity contribution is 8.03. The van der Waals surface area contributed by atoms with Crippen LogP contribution in [0.4, 0.5) is 0 Å². The van der Waals surface area contributed by atoms with Crippen molar-refractivity contribution in [3.05, 3.63) is 23.8 Å². The first kappa shape index (κ1) is 13.7. The van der Waals surface area contributed by atoms with E-state index in [-0.39, 0.29) is 0 Å². The first-order valence-corrected chi connectivity index (χ1v) is 6.61. The first-order valence-electron chi connectivity index (χ1n) is 5.62. The topological polar surface area (TPSA) is 42.2 Å². The lowest BCUT2D eigenvalue weighted by molar-refractivity contribution is 0.310. The Morgan fingerprint density at radius 1 is 1.35 bits per heavy atom. The molecule has 0 bridgehead atoms. The second-order valence-electron chi connectivity index (χ2n) is 3.46. The fourth-order valence-electron chi connectivity index (χ4n) is 1.54. The third-order valence-electron chi connectivity index (χ3n) is 2.30. The van der Waals surface area contributed by atoms with Crippen LogP contribution in [-0.4, -0.2) is 19.5 Å². The molecule has 92 valence electrons. The van der Waals surface area contributed by atoms with Crippen LogP contribution in [0.25, 0.3) is 0 Å². The van der Waals surface area contributed by atoms with E-state index < -0.39 is 0 Å². The van der Waals surface area contributed by atoms with Crippen LogP contribution in [0.2, 0.25) is 0 Å². The summed E-state index contributed by atoms with van der Waals surface area (Å²) < 4.78 is 10.7. The highest BCUT2D eigenvalue weighted by atomic mass is 32.2. The van der Waals surface area contributed by atoms with E-state index in [0.29, 0.717) is 6.61 Å². The van der Waals surface area contributed by atoms with Gasteiger partial charge in [-0.2, -0.15) is 5.26 Å². The van der Waals surface area contributed by atoms with Gasteiger partial charge in [-0.05, 0) is 49.2 Å². The molecule has 0 aliphatic heterocycles. The maximum absolute atomic E-state index is 8.42. The Bertz CT molecular complexity index is 387. The molecule has 0 radical (unpaired) electrons. The molecule has 0 unspecified atom stereocenters. The summed E-state index contributed by atoms with van der Waals surface area (Å²) in [6.07, 6.45) is 1.95. The first-order chi connectivity index (χ1) is 8.31. The van der Waals surface area contributed by atoms with E-state index in [9.17, 15) is 0 Å². The van der Waals surface area contributed by atoms with E-state index in [0.717, 1.165) is 30.1 Å². The van der Waals surface area contributed by atoms with Crippen molar-refractivity contribution in [1.82, 2.24) is 0 Å². The lowest BCUT2D eigenvalue weighted by atomic mass is 10.1. The molecule has 0 aliphatic carbocycles. The standard InChI is InChI=1S/C13H17NO2S/c1-3-16-12-7-6-11(9-13(12)15-2)5-4-8-17-10-14/h6-7,9H,3-5,8H2,1-2H3. The second kappa shape index (κ2) is 7.86. The van der Waals surface area contributed by atoms with Crippen LogP contribution in [0.5, 0.6) is 11.5 Å². The molecule has 0 aliphatic rings. The zero-order chi connectivity index (χ0) is 12.5. The zero-order valence-electron chi connectivity index (χ0n) is 10.2. The largest absolute Gasteiger partial charge is 0.493 e. The van der Waals surface area contributed by atoms with E-state index in [1.54, 1.807) is 7.11 Å². The van der Waals surface area contributed by atoms with Crippen molar-refractivity contribution in [2.45, 2.75) is 19.8 Å². The molecule has 17 heavy (non-hydrogen) atoms. The smallest absolute Gasteiger partial charge is 0.161 e. The summed E-state index contributed by atoms with van der Waals surface area (Å²) in [5.41, 5.74) is 1.21. The molecule has 1 rings (SSSR count). The molecule has 3 nitrogen and oxygen atoms in total. The number of thiocyanates is 1. The fourth-order valence-corrected chi connectivity index (χ4v) is 1.92. The zero-order valence-corrected chi connectivity index (χ0v) is 11.0. The molecule has 1 aromatic carbocycles. The van der Waals surface area contributed by atoms with Gasteiger partial charge < -0.3 is 9.47 Å². The summed E-state index contributed by atoms with van der Waals surface area (Å²) in [5.74, 6) is 2.42. The number of benzene rings is 1. The Hall–Kier alpha value is -1.34. The quantitative estimate of drug-likeness (QED) is 0.551. The Balaban J connectivity index is 2.59. The van der Waals surface area contributed by atoms with Gasteiger partial charge in [0.05, 0.1) is 13.7 Å². The minimum absolute atomic E-state index is 0.633. The van der Waals surface area contributed by atoms with Crippen molar-refractivity contribution < 1.29 is 9.47 Å². The Morgan fingerprint density at radius 2 is 2.18 bits per heavy atom. The van der Waals surface area contributed by atoms with Crippen LogP contribution < -0.4 is 9.47 Å². The minimum Gasteiger partial charge on any atom is -0.493 e. The number of aryl methyl sites for hydroxylation is 1. The number of hydrogen-bond acceptors (Lipinski definition) is 4. The van der Waals surface area contributed by atoms with Gasteiger partial charge in [0.25, 0.3) is 0 Å². The average Bonchev–Trinajstić information content (AvgIpc) is 2.36. The monoisotopic (exact) mass is 251 g/mol. The summed E-state index contributed by atoms with van der Waals surface area (Å²) in [4.78, 5) is 0. The number of nitrogens with zero attached hydrogens (tertiary/aromatic N) is 1. The fraction of sp³-hybridized carbons (Fsp3) is 0.462. The molecule has 0 atom stereocenters. The SMILES string of the molecule is CCOc1ccc(CCCSC#N)cc1OC. The van der Waals surface area contributed by atoms with Gasteiger partial charge in [0.2, 0.25) is 0 Å². The molecule has 0 N–H and O–H groups in total. The summed E-state index contributed by atoms with van der Waals surface area (Å²) >= 11 is 1.30. The Kier molecular flexibility index (Phi) is 6.34. The number of rotatable bonds is 7. The van der Waals surface area contributed by atoms with Gasteiger partial charge in [-0.25, -0.2) is 0 Å².